The summed E-state index contributed by atoms with van der Waals surface area (Å²) in [7, 11) is 2.91. The van der Waals surface area contributed by atoms with Crippen molar-refractivity contribution < 1.29 is 28.9 Å². The van der Waals surface area contributed by atoms with Gasteiger partial charge in [-0.3, -0.25) is 14.5 Å². The highest BCUT2D eigenvalue weighted by Crippen LogP contribution is 2.45. The molecule has 174 valence electrons. The maximum atomic E-state index is 13.3. The van der Waals surface area contributed by atoms with Gasteiger partial charge < -0.3 is 19.3 Å². The minimum atomic E-state index is -0.868. The zero-order chi connectivity index (χ0) is 24.2. The molecule has 1 saturated heterocycles. The number of Topliss-reactive ketones (excluding diaryl/α,β-unsaturated/α-hetero) is 1. The van der Waals surface area contributed by atoms with Crippen LogP contribution in [0.5, 0.6) is 17.2 Å². The topological polar surface area (TPSA) is 85.3 Å². The van der Waals surface area contributed by atoms with Crippen LogP contribution < -0.4 is 19.1 Å². The van der Waals surface area contributed by atoms with E-state index in [0.29, 0.717) is 35.1 Å². The van der Waals surface area contributed by atoms with Crippen LogP contribution in [0.15, 0.2) is 78.4 Å². The van der Waals surface area contributed by atoms with Crippen molar-refractivity contribution in [2.24, 2.45) is 0 Å². The Labute approximate surface area is 197 Å². The molecule has 7 heteroatoms. The molecular weight excluding hydrogens is 434 g/mol. The zero-order valence-electron chi connectivity index (χ0n) is 19.1. The molecule has 1 amide bonds. The Morgan fingerprint density at radius 3 is 2.06 bits per heavy atom. The average Bonchev–Trinajstić information content (AvgIpc) is 3.14. The Morgan fingerprint density at radius 2 is 1.50 bits per heavy atom. The number of benzene rings is 3. The van der Waals surface area contributed by atoms with E-state index in [1.54, 1.807) is 66.7 Å². The second-order valence-electron chi connectivity index (χ2n) is 7.54. The van der Waals surface area contributed by atoms with Gasteiger partial charge >= 0.3 is 0 Å². The lowest BCUT2D eigenvalue weighted by molar-refractivity contribution is -0.132. The Kier molecular flexibility index (Phi) is 6.54. The Hall–Kier alpha value is -4.26. The average molecular weight is 459 g/mol. The summed E-state index contributed by atoms with van der Waals surface area (Å²) in [6.45, 7) is 2.40. The molecule has 3 aromatic rings. The Morgan fingerprint density at radius 1 is 0.882 bits per heavy atom. The number of nitrogens with zero attached hydrogens (tertiary/aromatic N) is 1. The van der Waals surface area contributed by atoms with Crippen molar-refractivity contribution >= 4 is 23.1 Å². The molecule has 1 N–H and O–H groups in total. The molecule has 7 nitrogen and oxygen atoms in total. The Balaban J connectivity index is 1.97. The quantitative estimate of drug-likeness (QED) is 0.312. The van der Waals surface area contributed by atoms with Gasteiger partial charge in [-0.25, -0.2) is 0 Å². The summed E-state index contributed by atoms with van der Waals surface area (Å²) in [4.78, 5) is 28.0. The Bertz CT molecular complexity index is 1210. The number of rotatable bonds is 7. The SMILES string of the molecule is CCOc1ccc(C2/C(=C(\O)c3c(OC)cccc3OC)C(=O)C(=O)N2c2ccccc2)cc1. The van der Waals surface area contributed by atoms with Gasteiger partial charge in [0, 0.05) is 5.69 Å². The molecule has 3 aromatic carbocycles. The number of ether oxygens (including phenoxy) is 3. The van der Waals surface area contributed by atoms with Gasteiger partial charge in [0.1, 0.15) is 28.6 Å². The van der Waals surface area contributed by atoms with E-state index in [1.807, 2.05) is 13.0 Å². The summed E-state index contributed by atoms with van der Waals surface area (Å²) in [5, 5.41) is 11.5. The molecule has 0 radical (unpaired) electrons. The van der Waals surface area contributed by atoms with E-state index in [1.165, 1.54) is 19.1 Å². The molecule has 1 unspecified atom stereocenters. The van der Waals surface area contributed by atoms with Gasteiger partial charge in [-0.15, -0.1) is 0 Å². The number of carbonyl (C=O) groups is 2. The van der Waals surface area contributed by atoms with Gasteiger partial charge in [-0.1, -0.05) is 36.4 Å². The smallest absolute Gasteiger partial charge is 0.300 e. The lowest BCUT2D eigenvalue weighted by atomic mass is 9.94. The second-order valence-corrected chi connectivity index (χ2v) is 7.54. The molecule has 0 saturated carbocycles. The first-order valence-corrected chi connectivity index (χ1v) is 10.8. The number of hydrogen-bond acceptors (Lipinski definition) is 6. The number of para-hydroxylation sites is 1. The number of hydrogen-bond donors (Lipinski definition) is 1. The number of amides is 1. The standard InChI is InChI=1S/C27H25NO6/c1-4-34-19-15-13-17(14-16-19)24-23(25(29)22-20(32-2)11-8-12-21(22)33-3)26(30)27(31)28(24)18-9-6-5-7-10-18/h5-16,24,29H,4H2,1-3H3/b25-23+. The van der Waals surface area contributed by atoms with Gasteiger partial charge in [-0.05, 0) is 48.9 Å². The monoisotopic (exact) mass is 459 g/mol. The third kappa shape index (κ3) is 3.96. The number of aliphatic hydroxyl groups excluding tert-OH is 1. The third-order valence-electron chi connectivity index (χ3n) is 5.65. The first-order valence-electron chi connectivity index (χ1n) is 10.8. The maximum Gasteiger partial charge on any atom is 0.300 e. The molecular formula is C27H25NO6. The van der Waals surface area contributed by atoms with Crippen LogP contribution in [0.25, 0.3) is 5.76 Å². The van der Waals surface area contributed by atoms with Crippen LogP contribution in [0.1, 0.15) is 24.1 Å². The molecule has 1 heterocycles. The summed E-state index contributed by atoms with van der Waals surface area (Å²) >= 11 is 0. The largest absolute Gasteiger partial charge is 0.506 e. The van der Waals surface area contributed by atoms with Crippen LogP contribution in [0.4, 0.5) is 5.69 Å². The van der Waals surface area contributed by atoms with E-state index >= 15 is 0 Å². The van der Waals surface area contributed by atoms with E-state index in [9.17, 15) is 14.7 Å². The highest BCUT2D eigenvalue weighted by molar-refractivity contribution is 6.51. The normalized spacial score (nSPS) is 17.0. The predicted octanol–water partition coefficient (Wildman–Crippen LogP) is 4.73. The number of anilines is 1. The van der Waals surface area contributed by atoms with Crippen LogP contribution in [0.2, 0.25) is 0 Å². The summed E-state index contributed by atoms with van der Waals surface area (Å²) in [5.74, 6) is -0.616. The van der Waals surface area contributed by atoms with E-state index < -0.39 is 17.7 Å². The lowest BCUT2D eigenvalue weighted by Gasteiger charge is -2.26. The first kappa shape index (κ1) is 22.9. The molecule has 1 aliphatic heterocycles. The maximum absolute atomic E-state index is 13.3. The fraction of sp³-hybridized carbons (Fsp3) is 0.185. The molecule has 0 aliphatic carbocycles. The van der Waals surface area contributed by atoms with Gasteiger partial charge in [-0.2, -0.15) is 0 Å². The number of carbonyl (C=O) groups excluding carboxylic acids is 2. The van der Waals surface area contributed by atoms with Crippen molar-refractivity contribution in [3.05, 3.63) is 89.5 Å². The molecule has 0 aromatic heterocycles. The van der Waals surface area contributed by atoms with Gasteiger partial charge in [0.05, 0.1) is 32.4 Å². The summed E-state index contributed by atoms with van der Waals surface area (Å²) in [6, 6.07) is 20.1. The molecule has 34 heavy (non-hydrogen) atoms. The molecule has 1 fully saturated rings. The minimum Gasteiger partial charge on any atom is -0.506 e. The third-order valence-corrected chi connectivity index (χ3v) is 5.65. The molecule has 4 rings (SSSR count). The van der Waals surface area contributed by atoms with Crippen LogP contribution in [0, 0.1) is 0 Å². The van der Waals surface area contributed by atoms with Crippen LogP contribution in [0.3, 0.4) is 0 Å². The van der Waals surface area contributed by atoms with Crippen LogP contribution in [-0.2, 0) is 9.59 Å². The fourth-order valence-corrected chi connectivity index (χ4v) is 4.14. The zero-order valence-corrected chi connectivity index (χ0v) is 19.1. The van der Waals surface area contributed by atoms with Crippen LogP contribution in [-0.4, -0.2) is 37.6 Å². The van der Waals surface area contributed by atoms with Crippen LogP contribution >= 0.6 is 0 Å². The molecule has 0 spiro atoms. The number of aliphatic hydroxyl groups is 1. The number of methoxy groups -OCH3 is 2. The molecule has 0 bridgehead atoms. The van der Waals surface area contributed by atoms with E-state index in [4.69, 9.17) is 14.2 Å². The lowest BCUT2D eigenvalue weighted by Crippen LogP contribution is -2.29. The van der Waals surface area contributed by atoms with Crippen molar-refractivity contribution in [3.8, 4) is 17.2 Å². The van der Waals surface area contributed by atoms with E-state index in [0.717, 1.165) is 0 Å². The number of ketones is 1. The van der Waals surface area contributed by atoms with Crippen molar-refractivity contribution in [3.63, 3.8) is 0 Å². The summed E-state index contributed by atoms with van der Waals surface area (Å²) < 4.78 is 16.4. The van der Waals surface area contributed by atoms with Crippen molar-refractivity contribution in [1.29, 1.82) is 0 Å². The second kappa shape index (κ2) is 9.70. The van der Waals surface area contributed by atoms with E-state index in [-0.39, 0.29) is 16.9 Å². The molecule has 1 aliphatic rings. The van der Waals surface area contributed by atoms with Gasteiger partial charge in [0.2, 0.25) is 0 Å². The van der Waals surface area contributed by atoms with Crippen molar-refractivity contribution in [2.75, 3.05) is 25.7 Å². The predicted molar refractivity (Wildman–Crippen MR) is 128 cm³/mol. The van der Waals surface area contributed by atoms with Crippen molar-refractivity contribution in [2.45, 2.75) is 13.0 Å². The summed E-state index contributed by atoms with van der Waals surface area (Å²) in [6.07, 6.45) is 0. The first-order chi connectivity index (χ1) is 16.5. The highest BCUT2D eigenvalue weighted by atomic mass is 16.5. The summed E-state index contributed by atoms with van der Waals surface area (Å²) in [5.41, 5.74) is 1.33. The van der Waals surface area contributed by atoms with E-state index in [2.05, 4.69) is 0 Å². The fourth-order valence-electron chi connectivity index (χ4n) is 4.14. The van der Waals surface area contributed by atoms with Gasteiger partial charge in [0.15, 0.2) is 0 Å². The molecule has 1 atom stereocenters. The highest BCUT2D eigenvalue weighted by Gasteiger charge is 2.47. The van der Waals surface area contributed by atoms with Gasteiger partial charge in [0.25, 0.3) is 11.7 Å². The minimum absolute atomic E-state index is 0.0548. The van der Waals surface area contributed by atoms with Crippen molar-refractivity contribution in [1.82, 2.24) is 0 Å².